The zero-order valence-electron chi connectivity index (χ0n) is 17.1. The predicted molar refractivity (Wildman–Crippen MR) is 117 cm³/mol. The first-order valence-corrected chi connectivity index (χ1v) is 11.2. The first-order valence-electron chi connectivity index (χ1n) is 10.4. The van der Waals surface area contributed by atoms with E-state index in [4.69, 9.17) is 14.2 Å². The van der Waals surface area contributed by atoms with Crippen molar-refractivity contribution in [2.45, 2.75) is 32.3 Å². The zero-order chi connectivity index (χ0) is 20.8. The molecule has 1 atom stereocenters. The fourth-order valence-electron chi connectivity index (χ4n) is 3.61. The molecule has 0 saturated carbocycles. The third-order valence-corrected chi connectivity index (χ3v) is 6.02. The van der Waals surface area contributed by atoms with E-state index in [0.717, 1.165) is 54.9 Å². The minimum atomic E-state index is -0.562. The van der Waals surface area contributed by atoms with E-state index in [1.54, 1.807) is 18.3 Å². The van der Waals surface area contributed by atoms with Crippen LogP contribution < -0.4 is 4.74 Å². The lowest BCUT2D eigenvalue weighted by Gasteiger charge is -2.32. The van der Waals surface area contributed by atoms with E-state index in [0.29, 0.717) is 11.8 Å². The minimum Gasteiger partial charge on any atom is -0.435 e. The van der Waals surface area contributed by atoms with E-state index in [1.165, 1.54) is 5.56 Å². The highest BCUT2D eigenvalue weighted by Gasteiger charge is 2.23. The van der Waals surface area contributed by atoms with Gasteiger partial charge < -0.3 is 14.2 Å². The summed E-state index contributed by atoms with van der Waals surface area (Å²) in [4.78, 5) is 18.4. The van der Waals surface area contributed by atoms with Crippen LogP contribution >= 0.6 is 11.3 Å². The Hall–Kier alpha value is -2.64. The molecule has 2 heterocycles. The summed E-state index contributed by atoms with van der Waals surface area (Å²) in [7, 11) is 0. The van der Waals surface area contributed by atoms with Gasteiger partial charge in [0.2, 0.25) is 0 Å². The number of benzene rings is 2. The number of nitrogens with zero attached hydrogens (tertiary/aromatic N) is 2. The van der Waals surface area contributed by atoms with E-state index in [1.807, 2.05) is 36.4 Å². The molecule has 0 aliphatic carbocycles. The Balaban J connectivity index is 1.26. The molecule has 0 amide bonds. The van der Waals surface area contributed by atoms with Gasteiger partial charge in [-0.3, -0.25) is 4.90 Å². The number of para-hydroxylation sites is 1. The van der Waals surface area contributed by atoms with Crippen molar-refractivity contribution in [2.24, 2.45) is 0 Å². The molecule has 1 aliphatic heterocycles. The first-order chi connectivity index (χ1) is 14.7. The Morgan fingerprint density at radius 2 is 2.03 bits per heavy atom. The second kappa shape index (κ2) is 9.91. The van der Waals surface area contributed by atoms with Crippen LogP contribution in [0.4, 0.5) is 4.79 Å². The van der Waals surface area contributed by atoms with Crippen molar-refractivity contribution >= 4 is 27.7 Å². The number of carbonyl (C=O) groups excluding carboxylic acids is 1. The third-order valence-electron chi connectivity index (χ3n) is 5.11. The fourth-order valence-corrected chi connectivity index (χ4v) is 4.44. The number of aromatic nitrogens is 1. The quantitative estimate of drug-likeness (QED) is 0.480. The van der Waals surface area contributed by atoms with Crippen molar-refractivity contribution in [3.05, 3.63) is 54.1 Å². The number of ether oxygens (including phenoxy) is 3. The minimum absolute atomic E-state index is 0.0811. The number of piperidine rings is 1. The number of fused-ring (bicyclic) bond motifs is 1. The first kappa shape index (κ1) is 20.6. The average Bonchev–Trinajstić information content (AvgIpc) is 3.16. The molecule has 6 nitrogen and oxygen atoms in total. The second-order valence-electron chi connectivity index (χ2n) is 7.31. The Morgan fingerprint density at radius 1 is 1.20 bits per heavy atom. The van der Waals surface area contributed by atoms with Crippen molar-refractivity contribution in [3.63, 3.8) is 0 Å². The van der Waals surface area contributed by atoms with Gasteiger partial charge in [0.15, 0.2) is 0 Å². The highest BCUT2D eigenvalue weighted by atomic mass is 32.1. The third kappa shape index (κ3) is 5.49. The summed E-state index contributed by atoms with van der Waals surface area (Å²) in [6.07, 6.45) is 2.22. The molecule has 3 aromatic rings. The van der Waals surface area contributed by atoms with Gasteiger partial charge in [0.05, 0.1) is 16.8 Å². The Morgan fingerprint density at radius 3 is 2.83 bits per heavy atom. The second-order valence-corrected chi connectivity index (χ2v) is 8.30. The summed E-state index contributed by atoms with van der Waals surface area (Å²) >= 11 is 1.55. The summed E-state index contributed by atoms with van der Waals surface area (Å²) in [6.45, 7) is 4.84. The van der Waals surface area contributed by atoms with Gasteiger partial charge in [-0.15, -0.1) is 0 Å². The standard InChI is InChI=1S/C23H26N2O4S/c1-2-27-23(26)29-19-6-5-14-25(16-19)15-13-17-9-11-18(12-10-17)28-22-24-20-7-3-4-8-21(20)30-22/h3-4,7-12,19H,2,5-6,13-16H2,1H3. The molecule has 2 aromatic carbocycles. The summed E-state index contributed by atoms with van der Waals surface area (Å²) in [5.41, 5.74) is 2.21. The van der Waals surface area contributed by atoms with Gasteiger partial charge in [-0.1, -0.05) is 35.6 Å². The molecule has 30 heavy (non-hydrogen) atoms. The molecule has 7 heteroatoms. The fraction of sp³-hybridized carbons (Fsp3) is 0.391. The van der Waals surface area contributed by atoms with Gasteiger partial charge >= 0.3 is 6.16 Å². The molecule has 1 saturated heterocycles. The number of carbonyl (C=O) groups is 1. The van der Waals surface area contributed by atoms with E-state index < -0.39 is 6.16 Å². The molecule has 4 rings (SSSR count). The van der Waals surface area contributed by atoms with E-state index in [2.05, 4.69) is 22.0 Å². The Labute approximate surface area is 180 Å². The van der Waals surface area contributed by atoms with Gasteiger partial charge in [-0.25, -0.2) is 9.78 Å². The van der Waals surface area contributed by atoms with Crippen LogP contribution in [0, 0.1) is 0 Å². The molecule has 1 unspecified atom stereocenters. The number of likely N-dealkylation sites (tertiary alicyclic amines) is 1. The maximum absolute atomic E-state index is 11.5. The largest absolute Gasteiger partial charge is 0.508 e. The normalized spacial score (nSPS) is 17.0. The van der Waals surface area contributed by atoms with Crippen LogP contribution in [-0.4, -0.2) is 48.4 Å². The maximum Gasteiger partial charge on any atom is 0.508 e. The Bertz CT molecular complexity index is 940. The van der Waals surface area contributed by atoms with Crippen LogP contribution in [0.15, 0.2) is 48.5 Å². The summed E-state index contributed by atoms with van der Waals surface area (Å²) in [5, 5.41) is 0.657. The maximum atomic E-state index is 11.5. The Kier molecular flexibility index (Phi) is 6.81. The van der Waals surface area contributed by atoms with Gasteiger partial charge in [0.1, 0.15) is 11.9 Å². The summed E-state index contributed by atoms with van der Waals surface area (Å²) in [6, 6.07) is 16.2. The topological polar surface area (TPSA) is 60.9 Å². The molecular formula is C23H26N2O4S. The van der Waals surface area contributed by atoms with Crippen LogP contribution in [0.25, 0.3) is 10.2 Å². The van der Waals surface area contributed by atoms with Crippen LogP contribution in [0.1, 0.15) is 25.3 Å². The average molecular weight is 427 g/mol. The van der Waals surface area contributed by atoms with E-state index >= 15 is 0 Å². The molecular weight excluding hydrogens is 400 g/mol. The highest BCUT2D eigenvalue weighted by molar-refractivity contribution is 7.20. The van der Waals surface area contributed by atoms with Crippen LogP contribution in [0.3, 0.4) is 0 Å². The van der Waals surface area contributed by atoms with E-state index in [-0.39, 0.29) is 6.10 Å². The van der Waals surface area contributed by atoms with E-state index in [9.17, 15) is 4.79 Å². The predicted octanol–water partition coefficient (Wildman–Crippen LogP) is 5.27. The zero-order valence-corrected chi connectivity index (χ0v) is 17.9. The van der Waals surface area contributed by atoms with Gasteiger partial charge in [-0.05, 0) is 62.6 Å². The number of hydrogen-bond donors (Lipinski definition) is 0. The van der Waals surface area contributed by atoms with Gasteiger partial charge in [0.25, 0.3) is 5.19 Å². The number of rotatable bonds is 7. The lowest BCUT2D eigenvalue weighted by Crippen LogP contribution is -2.41. The molecule has 0 bridgehead atoms. The van der Waals surface area contributed by atoms with Gasteiger partial charge in [-0.2, -0.15) is 0 Å². The number of thiazole rings is 1. The molecule has 1 aliphatic rings. The number of hydrogen-bond acceptors (Lipinski definition) is 7. The van der Waals surface area contributed by atoms with Gasteiger partial charge in [0, 0.05) is 13.1 Å². The monoisotopic (exact) mass is 426 g/mol. The molecule has 1 fully saturated rings. The van der Waals surface area contributed by atoms with Crippen LogP contribution in [0.2, 0.25) is 0 Å². The van der Waals surface area contributed by atoms with Crippen LogP contribution in [-0.2, 0) is 15.9 Å². The van der Waals surface area contributed by atoms with Crippen molar-refractivity contribution in [1.29, 1.82) is 0 Å². The molecule has 1 aromatic heterocycles. The van der Waals surface area contributed by atoms with Crippen molar-refractivity contribution in [2.75, 3.05) is 26.2 Å². The van der Waals surface area contributed by atoms with Crippen molar-refractivity contribution in [1.82, 2.24) is 9.88 Å². The summed E-state index contributed by atoms with van der Waals surface area (Å²) in [5.74, 6) is 0.790. The lowest BCUT2D eigenvalue weighted by atomic mass is 10.1. The summed E-state index contributed by atoms with van der Waals surface area (Å²) < 4.78 is 17.3. The van der Waals surface area contributed by atoms with Crippen LogP contribution in [0.5, 0.6) is 10.9 Å². The molecule has 0 N–H and O–H groups in total. The SMILES string of the molecule is CCOC(=O)OC1CCCN(CCc2ccc(Oc3nc4ccccc4s3)cc2)C1. The van der Waals surface area contributed by atoms with Crippen molar-refractivity contribution in [3.8, 4) is 10.9 Å². The van der Waals surface area contributed by atoms with Crippen molar-refractivity contribution < 1.29 is 19.0 Å². The molecule has 0 spiro atoms. The lowest BCUT2D eigenvalue weighted by molar-refractivity contribution is -0.00294. The highest BCUT2D eigenvalue weighted by Crippen LogP contribution is 2.31. The molecule has 0 radical (unpaired) electrons. The molecule has 158 valence electrons. The smallest absolute Gasteiger partial charge is 0.435 e.